The van der Waals surface area contributed by atoms with Crippen molar-refractivity contribution in [2.24, 2.45) is 0 Å². The van der Waals surface area contributed by atoms with Crippen LogP contribution in [-0.2, 0) is 11.3 Å². The minimum absolute atomic E-state index is 0.256. The van der Waals surface area contributed by atoms with Gasteiger partial charge in [0.05, 0.1) is 32.2 Å². The summed E-state index contributed by atoms with van der Waals surface area (Å²) in [7, 11) is 3.03. The summed E-state index contributed by atoms with van der Waals surface area (Å²) in [6.45, 7) is 2.73. The van der Waals surface area contributed by atoms with E-state index in [0.29, 0.717) is 22.6 Å². The number of methoxy groups -OCH3 is 2. The van der Waals surface area contributed by atoms with E-state index in [1.165, 1.54) is 14.2 Å². The predicted octanol–water partition coefficient (Wildman–Crippen LogP) is 3.62. The zero-order valence-electron chi connectivity index (χ0n) is 16.6. The number of benzene rings is 2. The van der Waals surface area contributed by atoms with Gasteiger partial charge in [-0.25, -0.2) is 0 Å². The number of carbonyl (C=O) groups is 2. The molecule has 2 N–H and O–H groups in total. The summed E-state index contributed by atoms with van der Waals surface area (Å²) in [6.07, 6.45) is 1.54. The molecule has 7 nitrogen and oxygen atoms in total. The normalized spacial score (nSPS) is 11.8. The van der Waals surface area contributed by atoms with E-state index in [4.69, 9.17) is 9.47 Å². The number of aryl methyl sites for hydroxylation is 1. The summed E-state index contributed by atoms with van der Waals surface area (Å²) in [4.78, 5) is 24.5. The Morgan fingerprint density at radius 3 is 2.48 bits per heavy atom. The molecule has 3 aromatic rings. The molecule has 1 heterocycles. The van der Waals surface area contributed by atoms with E-state index in [-0.39, 0.29) is 12.3 Å². The summed E-state index contributed by atoms with van der Waals surface area (Å²) >= 11 is 0. The van der Waals surface area contributed by atoms with Crippen LogP contribution < -0.4 is 14.8 Å². The molecule has 0 bridgehead atoms. The minimum atomic E-state index is -1.01. The van der Waals surface area contributed by atoms with Crippen LogP contribution in [0.1, 0.15) is 35.3 Å². The van der Waals surface area contributed by atoms with Gasteiger partial charge in [0.1, 0.15) is 0 Å². The third-order valence-electron chi connectivity index (χ3n) is 4.87. The number of aliphatic carboxylic acids is 1. The smallest absolute Gasteiger partial charge is 0.305 e. The van der Waals surface area contributed by atoms with Crippen molar-refractivity contribution in [3.8, 4) is 11.5 Å². The third-order valence-corrected chi connectivity index (χ3v) is 4.87. The van der Waals surface area contributed by atoms with E-state index < -0.39 is 12.0 Å². The fourth-order valence-corrected chi connectivity index (χ4v) is 3.42. The molecular formula is C22H24N2O5. The van der Waals surface area contributed by atoms with Crippen LogP contribution in [0.4, 0.5) is 0 Å². The van der Waals surface area contributed by atoms with Crippen LogP contribution in [0, 0.1) is 0 Å². The Morgan fingerprint density at radius 1 is 1.10 bits per heavy atom. The molecule has 1 aromatic heterocycles. The molecule has 0 aliphatic heterocycles. The number of carbonyl (C=O) groups excluding carboxylic acids is 1. The first-order chi connectivity index (χ1) is 14.0. The lowest BCUT2D eigenvalue weighted by molar-refractivity contribution is -0.137. The van der Waals surface area contributed by atoms with Gasteiger partial charge in [-0.05, 0) is 30.7 Å². The van der Waals surface area contributed by atoms with E-state index >= 15 is 0 Å². The number of hydrogen-bond acceptors (Lipinski definition) is 4. The van der Waals surface area contributed by atoms with Crippen molar-refractivity contribution >= 4 is 22.8 Å². The van der Waals surface area contributed by atoms with Gasteiger partial charge < -0.3 is 24.5 Å². The molecule has 1 atom stereocenters. The standard InChI is InChI=1S/C22H24N2O5/c1-4-24-13-16(15-7-5-6-8-18(15)24)22(27)23-17(12-21(25)26)14-9-10-19(28-2)20(11-14)29-3/h5-11,13,17H,4,12H2,1-3H3,(H,23,27)(H,25,26). The van der Waals surface area contributed by atoms with Gasteiger partial charge in [0.25, 0.3) is 5.91 Å². The maximum absolute atomic E-state index is 13.1. The SMILES string of the molecule is CCn1cc(C(=O)NC(CC(=O)O)c2ccc(OC)c(OC)c2)c2ccccc21. The molecular weight excluding hydrogens is 372 g/mol. The molecule has 152 valence electrons. The van der Waals surface area contributed by atoms with E-state index in [2.05, 4.69) is 5.32 Å². The third kappa shape index (κ3) is 4.18. The van der Waals surface area contributed by atoms with Gasteiger partial charge in [0, 0.05) is 23.6 Å². The Bertz CT molecular complexity index is 1040. The first kappa shape index (κ1) is 20.3. The molecule has 0 radical (unpaired) electrons. The first-order valence-corrected chi connectivity index (χ1v) is 9.30. The monoisotopic (exact) mass is 396 g/mol. The number of hydrogen-bond donors (Lipinski definition) is 2. The van der Waals surface area contributed by atoms with Gasteiger partial charge >= 0.3 is 5.97 Å². The molecule has 3 rings (SSSR count). The van der Waals surface area contributed by atoms with E-state index in [1.54, 1.807) is 24.4 Å². The molecule has 1 amide bonds. The lowest BCUT2D eigenvalue weighted by Crippen LogP contribution is -2.30. The Labute approximate surface area is 168 Å². The average molecular weight is 396 g/mol. The van der Waals surface area contributed by atoms with Crippen molar-refractivity contribution in [2.75, 3.05) is 14.2 Å². The van der Waals surface area contributed by atoms with Gasteiger partial charge in [-0.15, -0.1) is 0 Å². The molecule has 0 aliphatic rings. The molecule has 0 aliphatic carbocycles. The highest BCUT2D eigenvalue weighted by Crippen LogP contribution is 2.31. The lowest BCUT2D eigenvalue weighted by Gasteiger charge is -2.19. The van der Waals surface area contributed by atoms with Gasteiger partial charge in [-0.3, -0.25) is 9.59 Å². The van der Waals surface area contributed by atoms with Crippen LogP contribution in [0.25, 0.3) is 10.9 Å². The number of carboxylic acids is 1. The molecule has 0 saturated heterocycles. The number of ether oxygens (including phenoxy) is 2. The summed E-state index contributed by atoms with van der Waals surface area (Å²) in [5.41, 5.74) is 2.09. The van der Waals surface area contributed by atoms with Gasteiger partial charge in [-0.1, -0.05) is 24.3 Å². The van der Waals surface area contributed by atoms with Gasteiger partial charge in [0.2, 0.25) is 0 Å². The highest BCUT2D eigenvalue weighted by atomic mass is 16.5. The van der Waals surface area contributed by atoms with Crippen molar-refractivity contribution in [1.29, 1.82) is 0 Å². The maximum Gasteiger partial charge on any atom is 0.305 e. The highest BCUT2D eigenvalue weighted by Gasteiger charge is 2.22. The van der Waals surface area contributed by atoms with E-state index in [1.807, 2.05) is 35.8 Å². The number of amides is 1. The fourth-order valence-electron chi connectivity index (χ4n) is 3.42. The van der Waals surface area contributed by atoms with Crippen molar-refractivity contribution in [3.63, 3.8) is 0 Å². The molecule has 2 aromatic carbocycles. The topological polar surface area (TPSA) is 89.8 Å². The van der Waals surface area contributed by atoms with Gasteiger partial charge in [0.15, 0.2) is 11.5 Å². The Morgan fingerprint density at radius 2 is 1.83 bits per heavy atom. The second kappa shape index (κ2) is 8.68. The number of aromatic nitrogens is 1. The molecule has 0 fully saturated rings. The van der Waals surface area contributed by atoms with Crippen LogP contribution in [0.3, 0.4) is 0 Å². The van der Waals surface area contributed by atoms with Crippen LogP contribution in [0.2, 0.25) is 0 Å². The molecule has 7 heteroatoms. The second-order valence-corrected chi connectivity index (χ2v) is 6.58. The Balaban J connectivity index is 1.96. The van der Waals surface area contributed by atoms with Crippen molar-refractivity contribution in [2.45, 2.75) is 25.9 Å². The van der Waals surface area contributed by atoms with E-state index in [0.717, 1.165) is 17.4 Å². The molecule has 0 saturated carbocycles. The quantitative estimate of drug-likeness (QED) is 0.607. The second-order valence-electron chi connectivity index (χ2n) is 6.58. The van der Waals surface area contributed by atoms with Crippen LogP contribution >= 0.6 is 0 Å². The maximum atomic E-state index is 13.1. The average Bonchev–Trinajstić information content (AvgIpc) is 3.11. The number of nitrogens with zero attached hydrogens (tertiary/aromatic N) is 1. The zero-order chi connectivity index (χ0) is 21.0. The summed E-state index contributed by atoms with van der Waals surface area (Å²) in [6, 6.07) is 12.0. The van der Waals surface area contributed by atoms with Crippen molar-refractivity contribution < 1.29 is 24.2 Å². The number of rotatable bonds is 8. The van der Waals surface area contributed by atoms with E-state index in [9.17, 15) is 14.7 Å². The highest BCUT2D eigenvalue weighted by molar-refractivity contribution is 6.07. The van der Waals surface area contributed by atoms with Gasteiger partial charge in [-0.2, -0.15) is 0 Å². The van der Waals surface area contributed by atoms with Crippen molar-refractivity contribution in [3.05, 3.63) is 59.8 Å². The Kier molecular flexibility index (Phi) is 6.07. The molecule has 29 heavy (non-hydrogen) atoms. The molecule has 1 unspecified atom stereocenters. The van der Waals surface area contributed by atoms with Crippen LogP contribution in [0.15, 0.2) is 48.7 Å². The number of fused-ring (bicyclic) bond motifs is 1. The zero-order valence-corrected chi connectivity index (χ0v) is 16.6. The first-order valence-electron chi connectivity index (χ1n) is 9.30. The fraction of sp³-hybridized carbons (Fsp3) is 0.273. The molecule has 0 spiro atoms. The van der Waals surface area contributed by atoms with Crippen LogP contribution in [-0.4, -0.2) is 35.8 Å². The number of carboxylic acid groups (broad SMARTS) is 1. The summed E-state index contributed by atoms with van der Waals surface area (Å²) < 4.78 is 12.5. The predicted molar refractivity (Wildman–Crippen MR) is 110 cm³/mol. The largest absolute Gasteiger partial charge is 0.493 e. The number of para-hydroxylation sites is 1. The Hall–Kier alpha value is -3.48. The summed E-state index contributed by atoms with van der Waals surface area (Å²) in [5.74, 6) is -0.338. The lowest BCUT2D eigenvalue weighted by atomic mass is 10.0. The number of nitrogens with one attached hydrogen (secondary N) is 1. The van der Waals surface area contributed by atoms with Crippen molar-refractivity contribution in [1.82, 2.24) is 9.88 Å². The van der Waals surface area contributed by atoms with Crippen LogP contribution in [0.5, 0.6) is 11.5 Å². The summed E-state index contributed by atoms with van der Waals surface area (Å²) in [5, 5.41) is 13.1. The minimum Gasteiger partial charge on any atom is -0.493 e.